The smallest absolute Gasteiger partial charge is 0.271 e. The summed E-state index contributed by atoms with van der Waals surface area (Å²) in [4.78, 5) is 42.2. The van der Waals surface area contributed by atoms with Crippen molar-refractivity contribution >= 4 is 23.3 Å². The van der Waals surface area contributed by atoms with Gasteiger partial charge in [0.25, 0.3) is 5.91 Å². The Balaban J connectivity index is 1.73. The normalized spacial score (nSPS) is 13.0. The van der Waals surface area contributed by atoms with Crippen LogP contribution in [0, 0.1) is 6.92 Å². The van der Waals surface area contributed by atoms with Gasteiger partial charge < -0.3 is 19.9 Å². The SMILES string of the molecule is CCN(CC(=O)Nc1cccc(OC)c1)C(=O)c1[nH]c2c(c1C)C(=O)CCC2. The van der Waals surface area contributed by atoms with Crippen molar-refractivity contribution in [1.29, 1.82) is 0 Å². The maximum atomic E-state index is 13.0. The first-order chi connectivity index (χ1) is 13.4. The highest BCUT2D eigenvalue weighted by atomic mass is 16.5. The van der Waals surface area contributed by atoms with Crippen LogP contribution in [0.3, 0.4) is 0 Å². The molecular weight excluding hydrogens is 358 g/mol. The van der Waals surface area contributed by atoms with Crippen LogP contribution in [0.15, 0.2) is 24.3 Å². The average molecular weight is 383 g/mol. The number of carbonyl (C=O) groups excluding carboxylic acids is 3. The number of anilines is 1. The third kappa shape index (κ3) is 3.93. The summed E-state index contributed by atoms with van der Waals surface area (Å²) in [6, 6.07) is 7.04. The molecule has 0 bridgehead atoms. The van der Waals surface area contributed by atoms with Crippen molar-refractivity contribution in [1.82, 2.24) is 9.88 Å². The topological polar surface area (TPSA) is 91.5 Å². The van der Waals surface area contributed by atoms with Crippen LogP contribution in [0.4, 0.5) is 5.69 Å². The van der Waals surface area contributed by atoms with Crippen molar-refractivity contribution in [3.63, 3.8) is 0 Å². The molecule has 1 heterocycles. The third-order valence-electron chi connectivity index (χ3n) is 5.01. The molecule has 2 N–H and O–H groups in total. The zero-order valence-electron chi connectivity index (χ0n) is 16.4. The predicted molar refractivity (Wildman–Crippen MR) is 106 cm³/mol. The summed E-state index contributed by atoms with van der Waals surface area (Å²) in [7, 11) is 1.56. The summed E-state index contributed by atoms with van der Waals surface area (Å²) in [5, 5.41) is 2.78. The van der Waals surface area contributed by atoms with E-state index in [-0.39, 0.29) is 24.1 Å². The number of benzene rings is 1. The number of methoxy groups -OCH3 is 1. The van der Waals surface area contributed by atoms with Gasteiger partial charge in [-0.3, -0.25) is 14.4 Å². The van der Waals surface area contributed by atoms with E-state index in [0.717, 1.165) is 18.5 Å². The second-order valence-electron chi connectivity index (χ2n) is 6.85. The number of ether oxygens (including phenoxy) is 1. The number of rotatable bonds is 6. The second-order valence-corrected chi connectivity index (χ2v) is 6.85. The Labute approximate surface area is 164 Å². The van der Waals surface area contributed by atoms with Crippen LogP contribution >= 0.6 is 0 Å². The molecular formula is C21H25N3O4. The van der Waals surface area contributed by atoms with Crippen LogP contribution in [0.2, 0.25) is 0 Å². The van der Waals surface area contributed by atoms with Crippen molar-refractivity contribution in [3.05, 3.63) is 46.8 Å². The molecule has 1 aromatic heterocycles. The van der Waals surface area contributed by atoms with Gasteiger partial charge in [-0.1, -0.05) is 6.07 Å². The van der Waals surface area contributed by atoms with E-state index in [1.165, 1.54) is 4.90 Å². The van der Waals surface area contributed by atoms with Crippen LogP contribution < -0.4 is 10.1 Å². The molecule has 2 aromatic rings. The number of amides is 2. The van der Waals surface area contributed by atoms with Gasteiger partial charge in [0.1, 0.15) is 18.0 Å². The summed E-state index contributed by atoms with van der Waals surface area (Å²) < 4.78 is 5.15. The van der Waals surface area contributed by atoms with Gasteiger partial charge in [-0.05, 0) is 44.4 Å². The molecule has 1 aliphatic carbocycles. The van der Waals surface area contributed by atoms with E-state index in [0.29, 0.717) is 41.2 Å². The largest absolute Gasteiger partial charge is 0.497 e. The molecule has 0 fully saturated rings. The van der Waals surface area contributed by atoms with Crippen molar-refractivity contribution in [3.8, 4) is 5.75 Å². The van der Waals surface area contributed by atoms with Crippen LogP contribution in [-0.2, 0) is 11.2 Å². The third-order valence-corrected chi connectivity index (χ3v) is 5.01. The lowest BCUT2D eigenvalue weighted by atomic mass is 9.94. The van der Waals surface area contributed by atoms with Crippen LogP contribution in [-0.4, -0.2) is 47.7 Å². The molecule has 28 heavy (non-hydrogen) atoms. The Bertz CT molecular complexity index is 916. The van der Waals surface area contributed by atoms with Gasteiger partial charge in [0, 0.05) is 36.0 Å². The van der Waals surface area contributed by atoms with E-state index < -0.39 is 0 Å². The first-order valence-electron chi connectivity index (χ1n) is 9.42. The van der Waals surface area contributed by atoms with E-state index in [1.54, 1.807) is 38.3 Å². The Hall–Kier alpha value is -3.09. The molecule has 0 saturated carbocycles. The number of hydrogen-bond donors (Lipinski definition) is 2. The van der Waals surface area contributed by atoms with Gasteiger partial charge >= 0.3 is 0 Å². The van der Waals surface area contributed by atoms with Gasteiger partial charge in [-0.2, -0.15) is 0 Å². The Morgan fingerprint density at radius 3 is 2.75 bits per heavy atom. The number of hydrogen-bond acceptors (Lipinski definition) is 4. The fourth-order valence-electron chi connectivity index (χ4n) is 3.55. The Morgan fingerprint density at radius 2 is 2.07 bits per heavy atom. The summed E-state index contributed by atoms with van der Waals surface area (Å²) in [6.45, 7) is 3.90. The number of likely N-dealkylation sites (N-methyl/N-ethyl adjacent to an activating group) is 1. The predicted octanol–water partition coefficient (Wildman–Crippen LogP) is 2.95. The molecule has 0 saturated heterocycles. The number of H-pyrrole nitrogens is 1. The van der Waals surface area contributed by atoms with Gasteiger partial charge in [0.05, 0.1) is 7.11 Å². The Morgan fingerprint density at radius 1 is 1.29 bits per heavy atom. The molecule has 0 spiro atoms. The van der Waals surface area contributed by atoms with E-state index in [2.05, 4.69) is 10.3 Å². The zero-order chi connectivity index (χ0) is 20.3. The monoisotopic (exact) mass is 383 g/mol. The van der Waals surface area contributed by atoms with Gasteiger partial charge in [0.2, 0.25) is 5.91 Å². The van der Waals surface area contributed by atoms with Gasteiger partial charge in [-0.15, -0.1) is 0 Å². The van der Waals surface area contributed by atoms with E-state index in [4.69, 9.17) is 4.74 Å². The number of nitrogens with zero attached hydrogens (tertiary/aromatic N) is 1. The van der Waals surface area contributed by atoms with Crippen molar-refractivity contribution in [2.75, 3.05) is 25.5 Å². The first-order valence-corrected chi connectivity index (χ1v) is 9.42. The lowest BCUT2D eigenvalue weighted by molar-refractivity contribution is -0.116. The number of fused-ring (bicyclic) bond motifs is 1. The summed E-state index contributed by atoms with van der Waals surface area (Å²) in [5.74, 6) is 0.142. The molecule has 7 nitrogen and oxygen atoms in total. The molecule has 3 rings (SSSR count). The van der Waals surface area contributed by atoms with Crippen LogP contribution in [0.1, 0.15) is 51.9 Å². The summed E-state index contributed by atoms with van der Waals surface area (Å²) in [6.07, 6.45) is 2.07. The van der Waals surface area contributed by atoms with Crippen molar-refractivity contribution < 1.29 is 19.1 Å². The maximum Gasteiger partial charge on any atom is 0.271 e. The zero-order valence-corrected chi connectivity index (χ0v) is 16.4. The number of nitrogens with one attached hydrogen (secondary N) is 2. The molecule has 0 aliphatic heterocycles. The molecule has 0 unspecified atom stereocenters. The standard InChI is InChI=1S/C21H25N3O4/c1-4-24(12-18(26)22-14-7-5-8-15(11-14)28-3)21(27)20-13(2)19-16(23-20)9-6-10-17(19)25/h5,7-8,11,23H,4,6,9-10,12H2,1-3H3,(H,22,26). The number of carbonyl (C=O) groups is 3. The number of aromatic amines is 1. The minimum atomic E-state index is -0.298. The lowest BCUT2D eigenvalue weighted by Crippen LogP contribution is -2.38. The Kier molecular flexibility index (Phi) is 5.82. The van der Waals surface area contributed by atoms with E-state index in [1.807, 2.05) is 6.92 Å². The summed E-state index contributed by atoms with van der Waals surface area (Å²) in [5.41, 5.74) is 3.15. The minimum Gasteiger partial charge on any atom is -0.497 e. The minimum absolute atomic E-state index is 0.0767. The molecule has 1 aromatic carbocycles. The van der Waals surface area contributed by atoms with Gasteiger partial charge in [0.15, 0.2) is 5.78 Å². The second kappa shape index (κ2) is 8.29. The fraction of sp³-hybridized carbons (Fsp3) is 0.381. The summed E-state index contributed by atoms with van der Waals surface area (Å²) >= 11 is 0. The number of Topliss-reactive ketones (excluding diaryl/α,β-unsaturated/α-hetero) is 1. The highest BCUT2D eigenvalue weighted by Gasteiger charge is 2.28. The molecule has 148 valence electrons. The van der Waals surface area contributed by atoms with Crippen molar-refractivity contribution in [2.24, 2.45) is 0 Å². The average Bonchev–Trinajstić information content (AvgIpc) is 3.03. The molecule has 0 atom stereocenters. The van der Waals surface area contributed by atoms with E-state index >= 15 is 0 Å². The number of aromatic nitrogens is 1. The number of aryl methyl sites for hydroxylation is 1. The highest BCUT2D eigenvalue weighted by Crippen LogP contribution is 2.27. The van der Waals surface area contributed by atoms with Crippen LogP contribution in [0.25, 0.3) is 0 Å². The lowest BCUT2D eigenvalue weighted by Gasteiger charge is -2.20. The number of ketones is 1. The fourth-order valence-corrected chi connectivity index (χ4v) is 3.55. The quantitative estimate of drug-likeness (QED) is 0.802. The molecule has 7 heteroatoms. The molecule has 1 aliphatic rings. The van der Waals surface area contributed by atoms with E-state index in [9.17, 15) is 14.4 Å². The first kappa shape index (κ1) is 19.7. The molecule has 2 amide bonds. The highest BCUT2D eigenvalue weighted by molar-refractivity contribution is 6.05. The molecule has 0 radical (unpaired) electrons. The van der Waals surface area contributed by atoms with Crippen molar-refractivity contribution in [2.45, 2.75) is 33.1 Å². The van der Waals surface area contributed by atoms with Crippen LogP contribution in [0.5, 0.6) is 5.75 Å². The maximum absolute atomic E-state index is 13.0. The van der Waals surface area contributed by atoms with Gasteiger partial charge in [-0.25, -0.2) is 0 Å².